The van der Waals surface area contributed by atoms with Crippen LogP contribution in [0, 0.1) is 5.92 Å². The van der Waals surface area contributed by atoms with Gasteiger partial charge in [-0.15, -0.1) is 0 Å². The Hall–Kier alpha value is -1.95. The highest BCUT2D eigenvalue weighted by atomic mass is 35.5. The first-order chi connectivity index (χ1) is 9.85. The number of hydrogen-bond donors (Lipinski definition) is 1. The number of ether oxygens (including phenoxy) is 3. The Balaban J connectivity index is 2.97. The molecule has 0 atom stereocenters. The number of amides is 1. The highest BCUT2D eigenvalue weighted by Gasteiger charge is 2.17. The minimum absolute atomic E-state index is 0.148. The van der Waals surface area contributed by atoms with Crippen LogP contribution in [0.3, 0.4) is 0 Å². The van der Waals surface area contributed by atoms with Gasteiger partial charge in [-0.05, 0) is 18.1 Å². The van der Waals surface area contributed by atoms with Gasteiger partial charge in [-0.2, -0.15) is 0 Å². The Morgan fingerprint density at radius 3 is 2.52 bits per heavy atom. The maximum atomic E-state index is 11.8. The number of halogens is 1. The van der Waals surface area contributed by atoms with Gasteiger partial charge in [-0.25, -0.2) is 4.79 Å². The summed E-state index contributed by atoms with van der Waals surface area (Å²) in [6, 6.07) is 2.83. The molecule has 1 amide bonds. The van der Waals surface area contributed by atoms with Gasteiger partial charge in [-0.1, -0.05) is 25.4 Å². The van der Waals surface area contributed by atoms with Gasteiger partial charge in [0, 0.05) is 0 Å². The lowest BCUT2D eigenvalue weighted by atomic mass is 10.2. The average Bonchev–Trinajstić information content (AvgIpc) is 2.42. The first kappa shape index (κ1) is 17.1. The zero-order valence-corrected chi connectivity index (χ0v) is 12.9. The molecular weight excluding hydrogens is 298 g/mol. The van der Waals surface area contributed by atoms with Gasteiger partial charge >= 0.3 is 5.97 Å². The number of esters is 1. The second-order valence-corrected chi connectivity index (χ2v) is 5.14. The number of hydrogen-bond acceptors (Lipinski definition) is 5. The van der Waals surface area contributed by atoms with Crippen LogP contribution < -0.4 is 15.2 Å². The van der Waals surface area contributed by atoms with Crippen molar-refractivity contribution in [3.63, 3.8) is 0 Å². The lowest BCUT2D eigenvalue weighted by Gasteiger charge is -2.15. The summed E-state index contributed by atoms with van der Waals surface area (Å²) < 4.78 is 15.4. The molecule has 116 valence electrons. The van der Waals surface area contributed by atoms with Crippen molar-refractivity contribution >= 4 is 23.5 Å². The SMILES string of the molecule is COc1cc(C(=O)OCC(N)=O)cc(Cl)c1OCC(C)C. The molecule has 7 heteroatoms. The fourth-order valence-corrected chi connectivity index (χ4v) is 1.71. The van der Waals surface area contributed by atoms with Crippen molar-refractivity contribution in [2.75, 3.05) is 20.3 Å². The van der Waals surface area contributed by atoms with Crippen molar-refractivity contribution in [1.29, 1.82) is 0 Å². The topological polar surface area (TPSA) is 87.9 Å². The van der Waals surface area contributed by atoms with Crippen molar-refractivity contribution in [3.8, 4) is 11.5 Å². The zero-order valence-electron chi connectivity index (χ0n) is 12.1. The van der Waals surface area contributed by atoms with E-state index in [9.17, 15) is 9.59 Å². The van der Waals surface area contributed by atoms with Crippen LogP contribution in [0.1, 0.15) is 24.2 Å². The van der Waals surface area contributed by atoms with E-state index in [1.165, 1.54) is 19.2 Å². The number of benzene rings is 1. The molecule has 0 aliphatic carbocycles. The van der Waals surface area contributed by atoms with Crippen LogP contribution in [-0.2, 0) is 9.53 Å². The molecule has 0 saturated heterocycles. The van der Waals surface area contributed by atoms with Crippen molar-refractivity contribution in [3.05, 3.63) is 22.7 Å². The lowest BCUT2D eigenvalue weighted by molar-refractivity contribution is -0.121. The van der Waals surface area contributed by atoms with Gasteiger partial charge in [0.1, 0.15) is 0 Å². The number of methoxy groups -OCH3 is 1. The van der Waals surface area contributed by atoms with Gasteiger partial charge in [0.15, 0.2) is 18.1 Å². The third kappa shape index (κ3) is 5.15. The molecule has 0 bridgehead atoms. The highest BCUT2D eigenvalue weighted by molar-refractivity contribution is 6.32. The van der Waals surface area contributed by atoms with E-state index >= 15 is 0 Å². The van der Waals surface area contributed by atoms with E-state index in [1.807, 2.05) is 13.8 Å². The normalized spacial score (nSPS) is 10.3. The molecule has 1 aromatic carbocycles. The summed E-state index contributed by atoms with van der Waals surface area (Å²) in [7, 11) is 1.44. The lowest BCUT2D eigenvalue weighted by Crippen LogP contribution is -2.21. The molecule has 21 heavy (non-hydrogen) atoms. The standard InChI is InChI=1S/C14H18ClNO5/c1-8(2)6-20-13-10(15)4-9(5-11(13)19-3)14(18)21-7-12(16)17/h4-5,8H,6-7H2,1-3H3,(H2,16,17). The number of rotatable bonds is 7. The minimum Gasteiger partial charge on any atom is -0.493 e. The zero-order chi connectivity index (χ0) is 16.0. The molecule has 0 spiro atoms. The van der Waals surface area contributed by atoms with Gasteiger partial charge in [0.2, 0.25) is 0 Å². The second kappa shape index (κ2) is 7.73. The van der Waals surface area contributed by atoms with Crippen LogP contribution in [0.2, 0.25) is 5.02 Å². The van der Waals surface area contributed by atoms with Crippen molar-refractivity contribution in [2.24, 2.45) is 11.7 Å². The molecule has 0 radical (unpaired) electrons. The van der Waals surface area contributed by atoms with Gasteiger partial charge in [0.25, 0.3) is 5.91 Å². The van der Waals surface area contributed by atoms with Crippen molar-refractivity contribution in [1.82, 2.24) is 0 Å². The average molecular weight is 316 g/mol. The van der Waals surface area contributed by atoms with Crippen LogP contribution in [0.25, 0.3) is 0 Å². The molecule has 1 rings (SSSR count). The van der Waals surface area contributed by atoms with Gasteiger partial charge in [0.05, 0.1) is 24.3 Å². The fraction of sp³-hybridized carbons (Fsp3) is 0.429. The van der Waals surface area contributed by atoms with Crippen LogP contribution in [0.15, 0.2) is 12.1 Å². The smallest absolute Gasteiger partial charge is 0.338 e. The van der Waals surface area contributed by atoms with Crippen LogP contribution in [-0.4, -0.2) is 32.2 Å². The Morgan fingerprint density at radius 2 is 2.00 bits per heavy atom. The molecule has 0 saturated carbocycles. The quantitative estimate of drug-likeness (QED) is 0.778. The van der Waals surface area contributed by atoms with E-state index in [1.54, 1.807) is 0 Å². The first-order valence-corrected chi connectivity index (χ1v) is 6.68. The van der Waals surface area contributed by atoms with Crippen molar-refractivity contribution in [2.45, 2.75) is 13.8 Å². The first-order valence-electron chi connectivity index (χ1n) is 6.31. The molecule has 1 aromatic rings. The molecule has 0 heterocycles. The summed E-state index contributed by atoms with van der Waals surface area (Å²) in [5.74, 6) is -0.470. The van der Waals surface area contributed by atoms with Crippen LogP contribution in [0.5, 0.6) is 11.5 Å². The van der Waals surface area contributed by atoms with Gasteiger partial charge < -0.3 is 19.9 Å². The van der Waals surface area contributed by atoms with E-state index in [4.69, 9.17) is 31.5 Å². The molecular formula is C14H18ClNO5. The van der Waals surface area contributed by atoms with Crippen molar-refractivity contribution < 1.29 is 23.8 Å². The monoisotopic (exact) mass is 315 g/mol. The fourth-order valence-electron chi connectivity index (χ4n) is 1.45. The van der Waals surface area contributed by atoms with E-state index in [0.29, 0.717) is 24.0 Å². The van der Waals surface area contributed by atoms with Gasteiger partial charge in [-0.3, -0.25) is 4.79 Å². The largest absolute Gasteiger partial charge is 0.493 e. The molecule has 2 N–H and O–H groups in total. The molecule has 0 aromatic heterocycles. The Kier molecular flexibility index (Phi) is 6.30. The third-order valence-electron chi connectivity index (χ3n) is 2.37. The summed E-state index contributed by atoms with van der Waals surface area (Å²) in [5.41, 5.74) is 5.06. The molecule has 0 unspecified atom stereocenters. The highest BCUT2D eigenvalue weighted by Crippen LogP contribution is 2.36. The maximum Gasteiger partial charge on any atom is 0.338 e. The van der Waals surface area contributed by atoms with Crippen LogP contribution in [0.4, 0.5) is 0 Å². The van der Waals surface area contributed by atoms with E-state index < -0.39 is 18.5 Å². The van der Waals surface area contributed by atoms with E-state index in [0.717, 1.165) is 0 Å². The summed E-state index contributed by atoms with van der Waals surface area (Å²) in [6.07, 6.45) is 0. The number of carbonyl (C=O) groups is 2. The summed E-state index contributed by atoms with van der Waals surface area (Å²) in [4.78, 5) is 22.4. The Labute approximate surface area is 128 Å². The number of carbonyl (C=O) groups excluding carboxylic acids is 2. The minimum atomic E-state index is -0.738. The summed E-state index contributed by atoms with van der Waals surface area (Å²) in [6.45, 7) is 3.96. The van der Waals surface area contributed by atoms with E-state index in [2.05, 4.69) is 0 Å². The number of nitrogens with two attached hydrogens (primary N) is 1. The second-order valence-electron chi connectivity index (χ2n) is 4.74. The summed E-state index contributed by atoms with van der Waals surface area (Å²) in [5, 5.41) is 0.223. The predicted octanol–water partition coefficient (Wildman–Crippen LogP) is 2.03. The molecule has 0 fully saturated rings. The number of primary amides is 1. The predicted molar refractivity (Wildman–Crippen MR) is 77.8 cm³/mol. The maximum absolute atomic E-state index is 11.8. The van der Waals surface area contributed by atoms with E-state index in [-0.39, 0.29) is 10.6 Å². The molecule has 0 aliphatic rings. The summed E-state index contributed by atoms with van der Waals surface area (Å²) >= 11 is 6.10. The third-order valence-corrected chi connectivity index (χ3v) is 2.65. The Bertz CT molecular complexity index is 530. The molecule has 6 nitrogen and oxygen atoms in total. The Morgan fingerprint density at radius 1 is 1.33 bits per heavy atom. The van der Waals surface area contributed by atoms with Crippen LogP contribution >= 0.6 is 11.6 Å². The molecule has 0 aliphatic heterocycles.